The Hall–Kier alpha value is -3.26. The molecule has 0 radical (unpaired) electrons. The van der Waals surface area contributed by atoms with Gasteiger partial charge in [0.05, 0.1) is 12.8 Å². The van der Waals surface area contributed by atoms with Gasteiger partial charge in [0.1, 0.15) is 5.75 Å². The van der Waals surface area contributed by atoms with Gasteiger partial charge in [-0.05, 0) is 41.5 Å². The van der Waals surface area contributed by atoms with Gasteiger partial charge in [-0.2, -0.15) is 5.10 Å². The molecule has 7 nitrogen and oxygen atoms in total. The molecule has 4 rings (SSSR count). The molecule has 0 aliphatic carbocycles. The van der Waals surface area contributed by atoms with Crippen LogP contribution in [0.4, 0.5) is 0 Å². The Balaban J connectivity index is 1.39. The maximum Gasteiger partial charge on any atom is 0.210 e. The minimum absolute atomic E-state index is 0.618. The number of nitrogens with zero attached hydrogens (tertiary/aromatic N) is 5. The van der Waals surface area contributed by atoms with E-state index >= 15 is 0 Å². The summed E-state index contributed by atoms with van der Waals surface area (Å²) in [6.45, 7) is 0. The van der Waals surface area contributed by atoms with Crippen LogP contribution in [-0.2, 0) is 12.2 Å². The molecule has 28 heavy (non-hydrogen) atoms. The Kier molecular flexibility index (Phi) is 5.29. The van der Waals surface area contributed by atoms with Crippen LogP contribution in [0, 0.1) is 0 Å². The number of methoxy groups -OCH3 is 1. The third-order valence-corrected chi connectivity index (χ3v) is 5.34. The Bertz CT molecular complexity index is 1030. The first-order chi connectivity index (χ1) is 13.7. The number of nitrogen functional groups attached to an aromatic ring is 1. The van der Waals surface area contributed by atoms with Crippen molar-refractivity contribution in [3.63, 3.8) is 0 Å². The van der Waals surface area contributed by atoms with Crippen molar-refractivity contribution in [3.05, 3.63) is 83.9 Å². The number of nitrogens with two attached hydrogens (primary N) is 1. The number of benzene rings is 2. The minimum atomic E-state index is 0.618. The lowest BCUT2D eigenvalue weighted by molar-refractivity contribution is 0.414. The molecular weight excluding hydrogens is 372 g/mol. The van der Waals surface area contributed by atoms with Gasteiger partial charge in [-0.15, -0.1) is 10.2 Å². The summed E-state index contributed by atoms with van der Waals surface area (Å²) in [6.07, 6.45) is 4.30. The summed E-state index contributed by atoms with van der Waals surface area (Å²) in [5, 5.41) is 13.4. The molecular formula is C20H20N6OS. The van der Waals surface area contributed by atoms with E-state index in [0.29, 0.717) is 11.6 Å². The van der Waals surface area contributed by atoms with E-state index in [1.54, 1.807) is 29.7 Å². The molecule has 2 aromatic carbocycles. The van der Waals surface area contributed by atoms with Gasteiger partial charge >= 0.3 is 0 Å². The van der Waals surface area contributed by atoms with Gasteiger partial charge in [0.15, 0.2) is 5.82 Å². The lowest BCUT2D eigenvalue weighted by Gasteiger charge is -2.06. The van der Waals surface area contributed by atoms with Crippen LogP contribution in [0.5, 0.6) is 5.75 Å². The van der Waals surface area contributed by atoms with Crippen molar-refractivity contribution < 1.29 is 4.74 Å². The quantitative estimate of drug-likeness (QED) is 0.384. The van der Waals surface area contributed by atoms with Gasteiger partial charge in [-0.25, -0.2) is 9.36 Å². The van der Waals surface area contributed by atoms with Crippen LogP contribution in [0.1, 0.15) is 17.0 Å². The van der Waals surface area contributed by atoms with Crippen LogP contribution in [0.2, 0.25) is 0 Å². The highest BCUT2D eigenvalue weighted by Gasteiger charge is 2.11. The molecule has 142 valence electrons. The third kappa shape index (κ3) is 4.01. The molecule has 0 bridgehead atoms. The maximum absolute atomic E-state index is 6.19. The fraction of sp³-hybridized carbons (Fsp3) is 0.150. The highest BCUT2D eigenvalue weighted by Crippen LogP contribution is 2.22. The molecule has 0 spiro atoms. The van der Waals surface area contributed by atoms with Crippen LogP contribution >= 0.6 is 11.8 Å². The smallest absolute Gasteiger partial charge is 0.210 e. The number of thioether (sulfide) groups is 1. The van der Waals surface area contributed by atoms with Crippen molar-refractivity contribution in [2.45, 2.75) is 17.3 Å². The fourth-order valence-corrected chi connectivity index (χ4v) is 3.60. The normalized spacial score (nSPS) is 10.9. The Morgan fingerprint density at radius 3 is 2.43 bits per heavy atom. The second-order valence-electron chi connectivity index (χ2n) is 6.20. The van der Waals surface area contributed by atoms with Crippen molar-refractivity contribution >= 4 is 11.8 Å². The fourth-order valence-electron chi connectivity index (χ4n) is 2.77. The number of rotatable bonds is 7. The van der Waals surface area contributed by atoms with Gasteiger partial charge < -0.3 is 10.6 Å². The molecule has 0 atom stereocenters. The van der Waals surface area contributed by atoms with Crippen molar-refractivity contribution in [2.24, 2.45) is 0 Å². The van der Waals surface area contributed by atoms with Crippen LogP contribution in [0.25, 0.3) is 5.69 Å². The predicted molar refractivity (Wildman–Crippen MR) is 109 cm³/mol. The lowest BCUT2D eigenvalue weighted by Crippen LogP contribution is -2.14. The topological polar surface area (TPSA) is 83.8 Å². The number of hydrogen-bond donors (Lipinski definition) is 1. The zero-order valence-corrected chi connectivity index (χ0v) is 16.2. The molecule has 0 aliphatic heterocycles. The summed E-state index contributed by atoms with van der Waals surface area (Å²) in [6, 6.07) is 18.0. The molecule has 0 amide bonds. The first-order valence-electron chi connectivity index (χ1n) is 8.77. The summed E-state index contributed by atoms with van der Waals surface area (Å²) < 4.78 is 8.58. The van der Waals surface area contributed by atoms with Crippen LogP contribution < -0.4 is 10.6 Å². The zero-order chi connectivity index (χ0) is 19.3. The average molecular weight is 392 g/mol. The largest absolute Gasteiger partial charge is 0.497 e. The first kappa shape index (κ1) is 18.1. The van der Waals surface area contributed by atoms with E-state index in [0.717, 1.165) is 28.6 Å². The second-order valence-corrected chi connectivity index (χ2v) is 7.14. The van der Waals surface area contributed by atoms with E-state index in [2.05, 4.69) is 27.4 Å². The standard InChI is InChI=1S/C20H20N6OS/c1-27-18-9-5-15(6-10-18)13-19-23-24-20(26(19)21)28-14-16-3-7-17(8-4-16)25-12-2-11-22-25/h2-12H,13-14,21H2,1H3. The molecule has 0 saturated carbocycles. The first-order valence-corrected chi connectivity index (χ1v) is 9.75. The number of ether oxygens (including phenoxy) is 1. The molecule has 0 aliphatic rings. The molecule has 0 saturated heterocycles. The zero-order valence-electron chi connectivity index (χ0n) is 15.4. The molecule has 4 aromatic rings. The molecule has 8 heteroatoms. The Morgan fingerprint density at radius 2 is 1.75 bits per heavy atom. The minimum Gasteiger partial charge on any atom is -0.497 e. The molecule has 2 N–H and O–H groups in total. The van der Waals surface area contributed by atoms with Gasteiger partial charge in [0.2, 0.25) is 5.16 Å². The molecule has 0 fully saturated rings. The van der Waals surface area contributed by atoms with Crippen LogP contribution in [-0.4, -0.2) is 31.8 Å². The summed E-state index contributed by atoms with van der Waals surface area (Å²) in [7, 11) is 1.65. The van der Waals surface area contributed by atoms with Crippen molar-refractivity contribution in [1.82, 2.24) is 24.7 Å². The average Bonchev–Trinajstić information content (AvgIpc) is 3.39. The predicted octanol–water partition coefficient (Wildman–Crippen LogP) is 3.07. The van der Waals surface area contributed by atoms with Crippen molar-refractivity contribution in [3.8, 4) is 11.4 Å². The highest BCUT2D eigenvalue weighted by molar-refractivity contribution is 7.98. The van der Waals surface area contributed by atoms with E-state index in [1.165, 1.54) is 5.56 Å². The van der Waals surface area contributed by atoms with E-state index in [9.17, 15) is 0 Å². The van der Waals surface area contributed by atoms with E-state index in [4.69, 9.17) is 10.6 Å². The van der Waals surface area contributed by atoms with E-state index in [-0.39, 0.29) is 0 Å². The molecule has 0 unspecified atom stereocenters. The van der Waals surface area contributed by atoms with E-state index in [1.807, 2.05) is 53.3 Å². The highest BCUT2D eigenvalue weighted by atomic mass is 32.2. The SMILES string of the molecule is COc1ccc(Cc2nnc(SCc3ccc(-n4cccn4)cc3)n2N)cc1. The monoisotopic (exact) mass is 392 g/mol. The summed E-state index contributed by atoms with van der Waals surface area (Å²) >= 11 is 1.56. The summed E-state index contributed by atoms with van der Waals surface area (Å²) in [5.74, 6) is 8.51. The van der Waals surface area contributed by atoms with Gasteiger partial charge in [0, 0.05) is 24.6 Å². The van der Waals surface area contributed by atoms with Crippen molar-refractivity contribution in [1.29, 1.82) is 0 Å². The van der Waals surface area contributed by atoms with E-state index < -0.39 is 0 Å². The maximum atomic E-state index is 6.19. The third-order valence-electron chi connectivity index (χ3n) is 4.33. The number of hydrogen-bond acceptors (Lipinski definition) is 6. The van der Waals surface area contributed by atoms with Crippen LogP contribution in [0.15, 0.2) is 72.1 Å². The molecule has 2 heterocycles. The van der Waals surface area contributed by atoms with Gasteiger partial charge in [0.25, 0.3) is 0 Å². The lowest BCUT2D eigenvalue weighted by atomic mass is 10.1. The number of aromatic nitrogens is 5. The summed E-state index contributed by atoms with van der Waals surface area (Å²) in [5.41, 5.74) is 3.31. The van der Waals surface area contributed by atoms with Crippen LogP contribution in [0.3, 0.4) is 0 Å². The van der Waals surface area contributed by atoms with Gasteiger partial charge in [-0.3, -0.25) is 0 Å². The Morgan fingerprint density at radius 1 is 1.00 bits per heavy atom. The summed E-state index contributed by atoms with van der Waals surface area (Å²) in [4.78, 5) is 0. The van der Waals surface area contributed by atoms with Gasteiger partial charge in [-0.1, -0.05) is 36.0 Å². The molecule has 2 aromatic heterocycles. The van der Waals surface area contributed by atoms with Crippen molar-refractivity contribution in [2.75, 3.05) is 13.0 Å². The Labute approximate surface area is 167 Å². The second kappa shape index (κ2) is 8.18.